The van der Waals surface area contributed by atoms with E-state index in [0.29, 0.717) is 37.8 Å². The van der Waals surface area contributed by atoms with Crippen molar-refractivity contribution in [2.75, 3.05) is 39.4 Å². The minimum atomic E-state index is -3.64. The van der Waals surface area contributed by atoms with Crippen molar-refractivity contribution in [1.82, 2.24) is 4.31 Å². The van der Waals surface area contributed by atoms with Crippen LogP contribution in [0.3, 0.4) is 0 Å². The van der Waals surface area contributed by atoms with Crippen molar-refractivity contribution in [2.45, 2.75) is 25.3 Å². The minimum Gasteiger partial charge on any atom is -0.494 e. The summed E-state index contributed by atoms with van der Waals surface area (Å²) in [6.45, 7) is 8.08. The number of benzene rings is 2. The number of ether oxygens (including phenoxy) is 2. The summed E-state index contributed by atoms with van der Waals surface area (Å²) in [5, 5.41) is 0. The molecule has 1 fully saturated rings. The van der Waals surface area contributed by atoms with Gasteiger partial charge in [-0.2, -0.15) is 4.31 Å². The molecular weight excluding hydrogens is 376 g/mol. The summed E-state index contributed by atoms with van der Waals surface area (Å²) >= 11 is 0. The molecule has 1 heterocycles. The van der Waals surface area contributed by atoms with Crippen LogP contribution in [0.25, 0.3) is 0 Å². The lowest BCUT2D eigenvalue weighted by atomic mass is 10.2. The van der Waals surface area contributed by atoms with Gasteiger partial charge in [-0.1, -0.05) is 30.3 Å². The maximum absolute atomic E-state index is 13.3. The molecule has 0 aromatic heterocycles. The molecule has 0 spiro atoms. The second-order valence-electron chi connectivity index (χ2n) is 6.79. The molecule has 0 saturated carbocycles. The molecule has 0 atom stereocenters. The number of nitrogens with zero attached hydrogens (tertiary/aromatic N) is 1. The van der Waals surface area contributed by atoms with Crippen LogP contribution in [-0.2, 0) is 16.6 Å². The van der Waals surface area contributed by atoms with E-state index in [1.807, 2.05) is 32.0 Å². The van der Waals surface area contributed by atoms with Crippen LogP contribution >= 0.6 is 0 Å². The topological polar surface area (TPSA) is 60.3 Å². The lowest BCUT2D eigenvalue weighted by Crippen LogP contribution is -3.13. The van der Waals surface area contributed by atoms with Crippen LogP contribution in [0, 0.1) is 0 Å². The van der Waals surface area contributed by atoms with Crippen molar-refractivity contribution >= 4 is 10.0 Å². The van der Waals surface area contributed by atoms with E-state index < -0.39 is 10.0 Å². The van der Waals surface area contributed by atoms with Gasteiger partial charge in [-0.15, -0.1) is 0 Å². The fourth-order valence-electron chi connectivity index (χ4n) is 3.46. The fourth-order valence-corrected chi connectivity index (χ4v) is 5.05. The smallest absolute Gasteiger partial charge is 0.247 e. The number of nitrogens with one attached hydrogen (secondary N) is 1. The highest BCUT2D eigenvalue weighted by molar-refractivity contribution is 7.89. The summed E-state index contributed by atoms with van der Waals surface area (Å²) in [5.41, 5.74) is 1.27. The number of sulfonamides is 1. The summed E-state index contributed by atoms with van der Waals surface area (Å²) in [5.74, 6) is 0.919. The maximum Gasteiger partial charge on any atom is 0.247 e. The highest BCUT2D eigenvalue weighted by atomic mass is 32.2. The largest absolute Gasteiger partial charge is 0.494 e. The van der Waals surface area contributed by atoms with Crippen LogP contribution in [0.15, 0.2) is 53.4 Å². The van der Waals surface area contributed by atoms with Gasteiger partial charge in [0.2, 0.25) is 10.0 Å². The van der Waals surface area contributed by atoms with E-state index in [1.165, 1.54) is 10.5 Å². The third kappa shape index (κ3) is 4.84. The molecule has 1 aliphatic rings. The molecule has 3 rings (SSSR count). The minimum absolute atomic E-state index is 0.187. The van der Waals surface area contributed by atoms with E-state index in [9.17, 15) is 8.42 Å². The first-order valence-electron chi connectivity index (χ1n) is 9.82. The van der Waals surface area contributed by atoms with Gasteiger partial charge in [0.05, 0.1) is 39.4 Å². The Labute approximate surface area is 167 Å². The van der Waals surface area contributed by atoms with Crippen LogP contribution in [0.5, 0.6) is 11.5 Å². The number of hydrogen-bond acceptors (Lipinski definition) is 4. The van der Waals surface area contributed by atoms with Gasteiger partial charge in [0.15, 0.2) is 0 Å². The zero-order valence-electron chi connectivity index (χ0n) is 16.6. The van der Waals surface area contributed by atoms with Gasteiger partial charge in [0.25, 0.3) is 0 Å². The first-order valence-corrected chi connectivity index (χ1v) is 11.3. The van der Waals surface area contributed by atoms with E-state index in [0.717, 1.165) is 19.6 Å². The molecule has 0 bridgehead atoms. The second kappa shape index (κ2) is 9.41. The summed E-state index contributed by atoms with van der Waals surface area (Å²) in [6, 6.07) is 15.3. The zero-order valence-corrected chi connectivity index (χ0v) is 17.4. The standard InChI is InChI=1S/C21H28N2O4S/c1-3-26-19-10-11-20(27-4-2)21(16-19)28(24,25)23-14-12-22(13-15-23)17-18-8-6-5-7-9-18/h5-11,16H,3-4,12-15,17H2,1-2H3/p+1. The first-order chi connectivity index (χ1) is 13.5. The Kier molecular flexibility index (Phi) is 6.93. The van der Waals surface area contributed by atoms with Crippen LogP contribution in [0.2, 0.25) is 0 Å². The molecule has 0 amide bonds. The van der Waals surface area contributed by atoms with Gasteiger partial charge < -0.3 is 14.4 Å². The van der Waals surface area contributed by atoms with E-state index >= 15 is 0 Å². The predicted octanol–water partition coefficient (Wildman–Crippen LogP) is 1.57. The molecule has 2 aromatic carbocycles. The third-order valence-electron chi connectivity index (χ3n) is 4.87. The summed E-state index contributed by atoms with van der Waals surface area (Å²) in [7, 11) is -3.64. The molecule has 1 saturated heterocycles. The Morgan fingerprint density at radius 1 is 0.964 bits per heavy atom. The van der Waals surface area contributed by atoms with Crippen LogP contribution in [0.1, 0.15) is 19.4 Å². The highest BCUT2D eigenvalue weighted by Gasteiger charge is 2.33. The number of piperazine rings is 1. The fraction of sp³-hybridized carbons (Fsp3) is 0.429. The summed E-state index contributed by atoms with van der Waals surface area (Å²) in [6.07, 6.45) is 0. The van der Waals surface area contributed by atoms with Crippen LogP contribution < -0.4 is 14.4 Å². The third-order valence-corrected chi connectivity index (χ3v) is 6.79. The number of quaternary nitrogens is 1. The number of hydrogen-bond donors (Lipinski definition) is 1. The van der Waals surface area contributed by atoms with Gasteiger partial charge in [-0.05, 0) is 26.0 Å². The van der Waals surface area contributed by atoms with E-state index in [-0.39, 0.29) is 4.90 Å². The average molecular weight is 406 g/mol. The van der Waals surface area contributed by atoms with Crippen LogP contribution in [-0.4, -0.2) is 52.1 Å². The molecule has 6 nitrogen and oxygen atoms in total. The molecule has 1 aliphatic heterocycles. The molecule has 1 N–H and O–H groups in total. The van der Waals surface area contributed by atoms with Crippen molar-refractivity contribution in [1.29, 1.82) is 0 Å². The monoisotopic (exact) mass is 405 g/mol. The molecular formula is C21H29N2O4S+. The Hall–Kier alpha value is -2.09. The highest BCUT2D eigenvalue weighted by Crippen LogP contribution is 2.31. The Morgan fingerprint density at radius 3 is 2.29 bits per heavy atom. The Bertz CT molecular complexity index is 863. The molecule has 2 aromatic rings. The first kappa shape index (κ1) is 20.6. The van der Waals surface area contributed by atoms with Gasteiger partial charge in [-0.25, -0.2) is 8.42 Å². The predicted molar refractivity (Wildman–Crippen MR) is 108 cm³/mol. The van der Waals surface area contributed by atoms with Crippen molar-refractivity contribution < 1.29 is 22.8 Å². The van der Waals surface area contributed by atoms with Gasteiger partial charge in [0, 0.05) is 11.6 Å². The Morgan fingerprint density at radius 2 is 1.64 bits per heavy atom. The molecule has 0 unspecified atom stereocenters. The van der Waals surface area contributed by atoms with E-state index in [1.54, 1.807) is 22.5 Å². The van der Waals surface area contributed by atoms with Crippen molar-refractivity contribution in [2.24, 2.45) is 0 Å². The van der Waals surface area contributed by atoms with Crippen LogP contribution in [0.4, 0.5) is 0 Å². The normalized spacial score (nSPS) is 16.1. The SMILES string of the molecule is CCOc1ccc(OCC)c(S(=O)(=O)N2CC[NH+](Cc3ccccc3)CC2)c1. The molecule has 152 valence electrons. The number of rotatable bonds is 8. The second-order valence-corrected chi connectivity index (χ2v) is 8.70. The maximum atomic E-state index is 13.3. The lowest BCUT2D eigenvalue weighted by molar-refractivity contribution is -0.917. The average Bonchev–Trinajstić information content (AvgIpc) is 2.71. The summed E-state index contributed by atoms with van der Waals surface area (Å²) in [4.78, 5) is 1.58. The zero-order chi connectivity index (χ0) is 20.0. The summed E-state index contributed by atoms with van der Waals surface area (Å²) < 4.78 is 39.2. The van der Waals surface area contributed by atoms with E-state index in [2.05, 4.69) is 12.1 Å². The van der Waals surface area contributed by atoms with Crippen molar-refractivity contribution in [3.8, 4) is 11.5 Å². The Balaban J connectivity index is 1.73. The molecule has 0 aliphatic carbocycles. The molecule has 0 radical (unpaired) electrons. The molecule has 7 heteroatoms. The lowest BCUT2D eigenvalue weighted by Gasteiger charge is -2.32. The van der Waals surface area contributed by atoms with Crippen molar-refractivity contribution in [3.05, 3.63) is 54.1 Å². The van der Waals surface area contributed by atoms with Gasteiger partial charge in [0.1, 0.15) is 22.9 Å². The molecule has 28 heavy (non-hydrogen) atoms. The van der Waals surface area contributed by atoms with Gasteiger partial charge in [-0.3, -0.25) is 0 Å². The van der Waals surface area contributed by atoms with E-state index in [4.69, 9.17) is 9.47 Å². The van der Waals surface area contributed by atoms with Gasteiger partial charge >= 0.3 is 0 Å². The van der Waals surface area contributed by atoms with Crippen molar-refractivity contribution in [3.63, 3.8) is 0 Å². The quantitative estimate of drug-likeness (QED) is 0.724.